The van der Waals surface area contributed by atoms with Crippen molar-refractivity contribution in [2.75, 3.05) is 26.2 Å². The summed E-state index contributed by atoms with van der Waals surface area (Å²) < 4.78 is 6.14. The van der Waals surface area contributed by atoms with Gasteiger partial charge < -0.3 is 26.0 Å². The molecule has 2 aliphatic heterocycles. The van der Waals surface area contributed by atoms with Crippen molar-refractivity contribution in [3.63, 3.8) is 0 Å². The van der Waals surface area contributed by atoms with Crippen LogP contribution in [0.5, 0.6) is 0 Å². The summed E-state index contributed by atoms with van der Waals surface area (Å²) in [6.07, 6.45) is 4.50. The van der Waals surface area contributed by atoms with Crippen LogP contribution in [0, 0.1) is 0 Å². The number of likely N-dealkylation sites (tertiary alicyclic amines) is 1. The van der Waals surface area contributed by atoms with E-state index in [4.69, 9.17) is 20.4 Å². The standard InChI is InChI=1S/C20H30N4O4.CH2O2/c1-19(27)14-20(7-10-24(11-8-20)12-17(21)25)28-13-16(19)23-18(26)6-5-15-4-2-3-9-22-15;2-1-3/h2-4,9,16,27H,5-8,10-14H2,1H3,(H2,21,25)(H,23,26);1H,(H,2,3)/t16-,19-;/m0./s1. The molecule has 1 spiro atoms. The predicted molar refractivity (Wildman–Crippen MR) is 112 cm³/mol. The Morgan fingerprint density at radius 1 is 1.39 bits per heavy atom. The number of piperidine rings is 1. The molecule has 172 valence electrons. The number of rotatable bonds is 6. The quantitative estimate of drug-likeness (QED) is 0.443. The number of pyridine rings is 1. The highest BCUT2D eigenvalue weighted by molar-refractivity contribution is 5.76. The van der Waals surface area contributed by atoms with E-state index in [1.807, 2.05) is 23.1 Å². The van der Waals surface area contributed by atoms with Crippen molar-refractivity contribution in [2.45, 2.75) is 56.3 Å². The van der Waals surface area contributed by atoms with Crippen LogP contribution in [0.4, 0.5) is 0 Å². The lowest BCUT2D eigenvalue weighted by Gasteiger charge is -2.51. The van der Waals surface area contributed by atoms with E-state index in [2.05, 4.69) is 10.3 Å². The average molecular weight is 437 g/mol. The van der Waals surface area contributed by atoms with Gasteiger partial charge in [0.25, 0.3) is 6.47 Å². The fourth-order valence-corrected chi connectivity index (χ4v) is 4.18. The van der Waals surface area contributed by atoms with E-state index in [1.165, 1.54) is 0 Å². The molecule has 2 atom stereocenters. The van der Waals surface area contributed by atoms with Crippen LogP contribution in [-0.2, 0) is 25.5 Å². The molecule has 3 heterocycles. The Hall–Kier alpha value is -2.56. The molecule has 3 rings (SSSR count). The summed E-state index contributed by atoms with van der Waals surface area (Å²) >= 11 is 0. The van der Waals surface area contributed by atoms with Gasteiger partial charge in [-0.05, 0) is 38.3 Å². The second-order valence-electron chi connectivity index (χ2n) is 8.32. The molecule has 0 aromatic carbocycles. The molecule has 2 saturated heterocycles. The normalized spacial score (nSPS) is 25.2. The summed E-state index contributed by atoms with van der Waals surface area (Å²) in [5, 5.41) is 20.8. The zero-order valence-corrected chi connectivity index (χ0v) is 17.8. The van der Waals surface area contributed by atoms with Crippen LogP contribution in [0.25, 0.3) is 0 Å². The summed E-state index contributed by atoms with van der Waals surface area (Å²) in [6.45, 7) is 3.45. The Morgan fingerprint density at radius 2 is 2.06 bits per heavy atom. The van der Waals surface area contributed by atoms with Crippen molar-refractivity contribution in [2.24, 2.45) is 5.73 Å². The van der Waals surface area contributed by atoms with E-state index < -0.39 is 17.2 Å². The number of aromatic nitrogens is 1. The molecule has 1 aromatic heterocycles. The number of primary amides is 1. The number of carboxylic acid groups (broad SMARTS) is 1. The zero-order valence-electron chi connectivity index (χ0n) is 17.8. The number of carbonyl (C=O) groups is 3. The maximum absolute atomic E-state index is 12.3. The smallest absolute Gasteiger partial charge is 0.290 e. The fraction of sp³-hybridized carbons (Fsp3) is 0.619. The highest BCUT2D eigenvalue weighted by atomic mass is 16.5. The van der Waals surface area contributed by atoms with Crippen molar-refractivity contribution in [3.05, 3.63) is 30.1 Å². The topological polar surface area (TPSA) is 155 Å². The van der Waals surface area contributed by atoms with E-state index >= 15 is 0 Å². The molecule has 31 heavy (non-hydrogen) atoms. The molecule has 5 N–H and O–H groups in total. The molecule has 2 aliphatic rings. The van der Waals surface area contributed by atoms with Crippen molar-refractivity contribution >= 4 is 18.3 Å². The number of nitrogens with two attached hydrogens (primary N) is 1. The molecule has 0 aliphatic carbocycles. The van der Waals surface area contributed by atoms with Crippen LogP contribution in [0.2, 0.25) is 0 Å². The molecule has 2 fully saturated rings. The summed E-state index contributed by atoms with van der Waals surface area (Å²) in [7, 11) is 0. The third-order valence-electron chi connectivity index (χ3n) is 5.80. The number of aryl methyl sites for hydroxylation is 1. The van der Waals surface area contributed by atoms with Crippen LogP contribution < -0.4 is 11.1 Å². The van der Waals surface area contributed by atoms with Gasteiger partial charge in [0, 0.05) is 37.8 Å². The molecule has 0 bridgehead atoms. The molecule has 1 aromatic rings. The summed E-state index contributed by atoms with van der Waals surface area (Å²) in [5.41, 5.74) is 4.67. The maximum atomic E-state index is 12.3. The fourth-order valence-electron chi connectivity index (χ4n) is 4.18. The highest BCUT2D eigenvalue weighted by Gasteiger charge is 2.49. The van der Waals surface area contributed by atoms with Crippen molar-refractivity contribution in [1.29, 1.82) is 0 Å². The third kappa shape index (κ3) is 7.57. The summed E-state index contributed by atoms with van der Waals surface area (Å²) in [4.78, 5) is 38.0. The van der Waals surface area contributed by atoms with Gasteiger partial charge in [0.15, 0.2) is 0 Å². The van der Waals surface area contributed by atoms with E-state index in [1.54, 1.807) is 13.1 Å². The largest absolute Gasteiger partial charge is 0.483 e. The van der Waals surface area contributed by atoms with E-state index in [9.17, 15) is 14.7 Å². The van der Waals surface area contributed by atoms with Crippen molar-refractivity contribution in [3.8, 4) is 0 Å². The predicted octanol–water partition coefficient (Wildman–Crippen LogP) is -0.309. The minimum atomic E-state index is -1.05. The lowest BCUT2D eigenvalue weighted by molar-refractivity contribution is -0.189. The minimum absolute atomic E-state index is 0.119. The Bertz CT molecular complexity index is 735. The van der Waals surface area contributed by atoms with Gasteiger partial charge in [-0.3, -0.25) is 24.3 Å². The molecule has 10 nitrogen and oxygen atoms in total. The summed E-state index contributed by atoms with van der Waals surface area (Å²) in [6, 6.07) is 5.18. The first-order valence-corrected chi connectivity index (χ1v) is 10.3. The van der Waals surface area contributed by atoms with Gasteiger partial charge in [0.2, 0.25) is 11.8 Å². The van der Waals surface area contributed by atoms with Crippen molar-refractivity contribution < 1.29 is 29.3 Å². The van der Waals surface area contributed by atoms with Gasteiger partial charge in [-0.1, -0.05) is 6.07 Å². The number of nitrogens with one attached hydrogen (secondary N) is 1. The van der Waals surface area contributed by atoms with Crippen LogP contribution in [0.15, 0.2) is 24.4 Å². The first-order valence-electron chi connectivity index (χ1n) is 10.3. The molecule has 0 radical (unpaired) electrons. The second kappa shape index (κ2) is 11.2. The van der Waals surface area contributed by atoms with Crippen LogP contribution >= 0.6 is 0 Å². The van der Waals surface area contributed by atoms with E-state index in [0.717, 1.165) is 18.5 Å². The Balaban J connectivity index is 0.00000107. The Labute approximate surface area is 181 Å². The molecular weight excluding hydrogens is 404 g/mol. The number of hydrogen-bond donors (Lipinski definition) is 4. The molecule has 2 amide bonds. The number of ether oxygens (including phenoxy) is 1. The maximum Gasteiger partial charge on any atom is 0.290 e. The lowest BCUT2D eigenvalue weighted by Crippen LogP contribution is -2.64. The van der Waals surface area contributed by atoms with Gasteiger partial charge in [-0.25, -0.2) is 0 Å². The number of aliphatic hydroxyl groups is 1. The SMILES string of the molecule is C[C@]1(O)CC2(CCN(CC(N)=O)CC2)OC[C@@H]1NC(=O)CCc1ccccn1.O=CO. The molecular formula is C21H32N4O6. The lowest BCUT2D eigenvalue weighted by atomic mass is 9.75. The first-order chi connectivity index (χ1) is 14.7. The minimum Gasteiger partial charge on any atom is -0.483 e. The van der Waals surface area contributed by atoms with Gasteiger partial charge >= 0.3 is 0 Å². The van der Waals surface area contributed by atoms with E-state index in [0.29, 0.717) is 32.4 Å². The van der Waals surface area contributed by atoms with Crippen molar-refractivity contribution in [1.82, 2.24) is 15.2 Å². The van der Waals surface area contributed by atoms with Crippen LogP contribution in [0.3, 0.4) is 0 Å². The Kier molecular flexibility index (Phi) is 8.90. The first kappa shape index (κ1) is 24.7. The zero-order chi connectivity index (χ0) is 22.9. The molecule has 10 heteroatoms. The average Bonchev–Trinajstić information content (AvgIpc) is 2.71. The number of nitrogens with zero attached hydrogens (tertiary/aromatic N) is 2. The van der Waals surface area contributed by atoms with Gasteiger partial charge in [-0.2, -0.15) is 0 Å². The van der Waals surface area contributed by atoms with E-state index in [-0.39, 0.29) is 31.4 Å². The number of carbonyl (C=O) groups excluding carboxylic acids is 2. The monoisotopic (exact) mass is 436 g/mol. The highest BCUT2D eigenvalue weighted by Crippen LogP contribution is 2.39. The van der Waals surface area contributed by atoms with Gasteiger partial charge in [-0.15, -0.1) is 0 Å². The summed E-state index contributed by atoms with van der Waals surface area (Å²) in [5.74, 6) is -0.451. The Morgan fingerprint density at radius 3 is 2.61 bits per heavy atom. The van der Waals surface area contributed by atoms with Crippen LogP contribution in [-0.4, -0.2) is 81.9 Å². The number of amides is 2. The van der Waals surface area contributed by atoms with Crippen LogP contribution in [0.1, 0.15) is 38.3 Å². The molecule has 0 saturated carbocycles. The third-order valence-corrected chi connectivity index (χ3v) is 5.80. The molecule has 0 unspecified atom stereocenters. The van der Waals surface area contributed by atoms with Gasteiger partial charge in [0.05, 0.1) is 30.4 Å². The number of hydrogen-bond acceptors (Lipinski definition) is 7. The second-order valence-corrected chi connectivity index (χ2v) is 8.32. The van der Waals surface area contributed by atoms with Gasteiger partial charge in [0.1, 0.15) is 0 Å².